The molecule has 0 bridgehead atoms. The zero-order valence-electron chi connectivity index (χ0n) is 13.3. The third-order valence-electron chi connectivity index (χ3n) is 3.79. The Morgan fingerprint density at radius 3 is 2.44 bits per heavy atom. The summed E-state index contributed by atoms with van der Waals surface area (Å²) in [5, 5.41) is 17.0. The molecule has 2 aromatic heterocycles. The molecule has 2 N–H and O–H groups in total. The summed E-state index contributed by atoms with van der Waals surface area (Å²) < 4.78 is 42.8. The lowest BCUT2D eigenvalue weighted by Gasteiger charge is -2.10. The highest BCUT2D eigenvalue weighted by molar-refractivity contribution is 7.13. The average molecular weight is 369 g/mol. The molecule has 0 spiro atoms. The molecule has 1 unspecified atom stereocenters. The molecule has 3 aromatic rings. The number of halogens is 3. The van der Waals surface area contributed by atoms with Crippen LogP contribution >= 0.6 is 11.3 Å². The number of anilines is 2. The lowest BCUT2D eigenvalue weighted by atomic mass is 9.96. The summed E-state index contributed by atoms with van der Waals surface area (Å²) in [5.41, 5.74) is 1.21. The van der Waals surface area contributed by atoms with Gasteiger partial charge in [0, 0.05) is 17.0 Å². The van der Waals surface area contributed by atoms with Crippen molar-refractivity contribution < 1.29 is 22.8 Å². The maximum atomic E-state index is 12.6. The van der Waals surface area contributed by atoms with Gasteiger partial charge >= 0.3 is 6.18 Å². The van der Waals surface area contributed by atoms with Crippen LogP contribution in [-0.4, -0.2) is 15.2 Å². The van der Waals surface area contributed by atoms with E-state index in [0.717, 1.165) is 22.3 Å². The van der Waals surface area contributed by atoms with Crippen LogP contribution in [0.5, 0.6) is 5.88 Å². The van der Waals surface area contributed by atoms with Crippen LogP contribution < -0.4 is 5.32 Å². The van der Waals surface area contributed by atoms with E-state index >= 15 is 0 Å². The highest BCUT2D eigenvalue weighted by atomic mass is 32.1. The van der Waals surface area contributed by atoms with Crippen molar-refractivity contribution in [2.75, 3.05) is 5.32 Å². The first-order valence-electron chi connectivity index (χ1n) is 7.30. The third-order valence-corrected chi connectivity index (χ3v) is 4.54. The minimum atomic E-state index is -4.45. The molecule has 132 valence electrons. The Morgan fingerprint density at radius 1 is 1.24 bits per heavy atom. The van der Waals surface area contributed by atoms with E-state index in [1.165, 1.54) is 0 Å². The van der Waals surface area contributed by atoms with E-state index in [1.807, 2.05) is 19.1 Å². The molecule has 0 saturated carbocycles. The molecule has 2 heterocycles. The molecule has 0 amide bonds. The SMILES string of the molecule is Cc1c(O)noc1C(C)c1ccc(Nc2nc(C(F)(F)F)cs2)cc1. The Kier molecular flexibility index (Phi) is 4.42. The Hall–Kier alpha value is -2.55. The van der Waals surface area contributed by atoms with Gasteiger partial charge in [0.05, 0.1) is 5.56 Å². The topological polar surface area (TPSA) is 71.2 Å². The molecule has 25 heavy (non-hydrogen) atoms. The smallest absolute Gasteiger partial charge is 0.434 e. The molecule has 0 aliphatic carbocycles. The average Bonchev–Trinajstić information content (AvgIpc) is 3.15. The highest BCUT2D eigenvalue weighted by Gasteiger charge is 2.33. The van der Waals surface area contributed by atoms with Crippen molar-refractivity contribution in [2.45, 2.75) is 25.9 Å². The minimum Gasteiger partial charge on any atom is -0.491 e. The summed E-state index contributed by atoms with van der Waals surface area (Å²) in [7, 11) is 0. The van der Waals surface area contributed by atoms with Crippen molar-refractivity contribution in [3.05, 3.63) is 52.2 Å². The molecule has 1 atom stereocenters. The fourth-order valence-corrected chi connectivity index (χ4v) is 3.07. The van der Waals surface area contributed by atoms with Crippen LogP contribution in [0.4, 0.5) is 24.0 Å². The normalized spacial score (nSPS) is 13.0. The van der Waals surface area contributed by atoms with Crippen LogP contribution in [0.2, 0.25) is 0 Å². The second-order valence-electron chi connectivity index (χ2n) is 5.50. The number of aromatic hydroxyl groups is 1. The van der Waals surface area contributed by atoms with Gasteiger partial charge in [-0.25, -0.2) is 4.98 Å². The number of benzene rings is 1. The second-order valence-corrected chi connectivity index (χ2v) is 6.36. The van der Waals surface area contributed by atoms with Crippen molar-refractivity contribution in [3.63, 3.8) is 0 Å². The van der Waals surface area contributed by atoms with Gasteiger partial charge in [0.25, 0.3) is 5.88 Å². The van der Waals surface area contributed by atoms with Crippen molar-refractivity contribution in [3.8, 4) is 5.88 Å². The predicted octanol–water partition coefficient (Wildman–Crippen LogP) is 5.06. The van der Waals surface area contributed by atoms with Crippen molar-refractivity contribution in [1.29, 1.82) is 0 Å². The summed E-state index contributed by atoms with van der Waals surface area (Å²) in [6.07, 6.45) is -4.45. The molecule has 5 nitrogen and oxygen atoms in total. The summed E-state index contributed by atoms with van der Waals surface area (Å²) in [6, 6.07) is 7.13. The van der Waals surface area contributed by atoms with E-state index in [9.17, 15) is 18.3 Å². The minimum absolute atomic E-state index is 0.126. The standard InChI is InChI=1S/C16H14F3N3O2S/c1-8(13-9(2)14(23)22-24-13)10-3-5-11(6-4-10)20-15-21-12(7-25-15)16(17,18)19/h3-8H,1-2H3,(H,20,21)(H,22,23). The zero-order chi connectivity index (χ0) is 18.2. The van der Waals surface area contributed by atoms with Gasteiger partial charge in [-0.15, -0.1) is 11.3 Å². The fourth-order valence-electron chi connectivity index (χ4n) is 2.33. The molecule has 0 saturated heterocycles. The molecular formula is C16H14F3N3O2S. The Labute approximate surface area is 145 Å². The molecule has 3 rings (SSSR count). The fraction of sp³-hybridized carbons (Fsp3) is 0.250. The summed E-state index contributed by atoms with van der Waals surface area (Å²) in [6.45, 7) is 3.63. The van der Waals surface area contributed by atoms with Gasteiger partial charge in [-0.3, -0.25) is 0 Å². The zero-order valence-corrected chi connectivity index (χ0v) is 14.1. The Bertz CT molecular complexity index is 872. The first kappa shape index (κ1) is 17.3. The largest absolute Gasteiger partial charge is 0.491 e. The van der Waals surface area contributed by atoms with Crippen molar-refractivity contribution >= 4 is 22.2 Å². The van der Waals surface area contributed by atoms with Gasteiger partial charge in [0.1, 0.15) is 0 Å². The van der Waals surface area contributed by atoms with Crippen LogP contribution in [0.15, 0.2) is 34.2 Å². The van der Waals surface area contributed by atoms with Crippen LogP contribution in [0, 0.1) is 6.92 Å². The van der Waals surface area contributed by atoms with Crippen molar-refractivity contribution in [1.82, 2.24) is 10.1 Å². The Morgan fingerprint density at radius 2 is 1.92 bits per heavy atom. The second kappa shape index (κ2) is 6.40. The van der Waals surface area contributed by atoms with E-state index in [2.05, 4.69) is 15.5 Å². The van der Waals surface area contributed by atoms with Crippen LogP contribution in [0.25, 0.3) is 0 Å². The number of rotatable bonds is 4. The number of nitrogens with one attached hydrogen (secondary N) is 1. The number of thiazole rings is 1. The van der Waals surface area contributed by atoms with E-state index in [4.69, 9.17) is 4.52 Å². The first-order valence-corrected chi connectivity index (χ1v) is 8.18. The number of hydrogen-bond acceptors (Lipinski definition) is 6. The molecule has 0 radical (unpaired) electrons. The van der Waals surface area contributed by atoms with Crippen molar-refractivity contribution in [2.24, 2.45) is 0 Å². The number of nitrogens with zero attached hydrogens (tertiary/aromatic N) is 2. The highest BCUT2D eigenvalue weighted by Crippen LogP contribution is 2.34. The number of alkyl halides is 3. The van der Waals surface area contributed by atoms with E-state index in [1.54, 1.807) is 19.1 Å². The van der Waals surface area contributed by atoms with Gasteiger partial charge in [-0.2, -0.15) is 13.2 Å². The molecule has 0 aliphatic rings. The predicted molar refractivity (Wildman–Crippen MR) is 87.3 cm³/mol. The van der Waals surface area contributed by atoms with Gasteiger partial charge in [-0.05, 0) is 29.8 Å². The molecule has 0 fully saturated rings. The summed E-state index contributed by atoms with van der Waals surface area (Å²) in [4.78, 5) is 3.53. The maximum absolute atomic E-state index is 12.6. The molecule has 9 heteroatoms. The quantitative estimate of drug-likeness (QED) is 0.673. The first-order chi connectivity index (χ1) is 11.8. The maximum Gasteiger partial charge on any atom is 0.434 e. The van der Waals surface area contributed by atoms with Crippen LogP contribution in [-0.2, 0) is 6.18 Å². The van der Waals surface area contributed by atoms with Gasteiger partial charge < -0.3 is 14.9 Å². The number of aromatic nitrogens is 2. The van der Waals surface area contributed by atoms with E-state index in [0.29, 0.717) is 17.0 Å². The van der Waals surface area contributed by atoms with Gasteiger partial charge in [0.15, 0.2) is 16.6 Å². The lowest BCUT2D eigenvalue weighted by Crippen LogP contribution is -2.05. The van der Waals surface area contributed by atoms with E-state index in [-0.39, 0.29) is 16.9 Å². The third kappa shape index (κ3) is 3.60. The van der Waals surface area contributed by atoms with Crippen LogP contribution in [0.3, 0.4) is 0 Å². The van der Waals surface area contributed by atoms with Crippen LogP contribution in [0.1, 0.15) is 35.4 Å². The Balaban J connectivity index is 1.74. The molecular weight excluding hydrogens is 355 g/mol. The lowest BCUT2D eigenvalue weighted by molar-refractivity contribution is -0.140. The number of hydrogen-bond donors (Lipinski definition) is 2. The molecule has 0 aliphatic heterocycles. The monoisotopic (exact) mass is 369 g/mol. The summed E-state index contributed by atoms with van der Waals surface area (Å²) in [5.74, 6) is 0.302. The summed E-state index contributed by atoms with van der Waals surface area (Å²) >= 11 is 0.890. The van der Waals surface area contributed by atoms with Gasteiger partial charge in [-0.1, -0.05) is 19.1 Å². The van der Waals surface area contributed by atoms with Gasteiger partial charge in [0.2, 0.25) is 0 Å². The van der Waals surface area contributed by atoms with E-state index < -0.39 is 11.9 Å². The molecule has 1 aromatic carbocycles.